The second-order valence-electron chi connectivity index (χ2n) is 4.68. The third-order valence-electron chi connectivity index (χ3n) is 2.69. The highest BCUT2D eigenvalue weighted by molar-refractivity contribution is 5.43. The third kappa shape index (κ3) is 3.40. The molecule has 6 nitrogen and oxygen atoms in total. The molecule has 1 N–H and O–H groups in total. The zero-order chi connectivity index (χ0) is 14.5. The largest absolute Gasteiger partial charge is 0.493 e. The van der Waals surface area contributed by atoms with Crippen LogP contribution in [0.1, 0.15) is 25.2 Å². The topological polar surface area (TPSA) is 69.4 Å². The Balaban J connectivity index is 2.11. The summed E-state index contributed by atoms with van der Waals surface area (Å²) in [5, 5.41) is 7.01. The lowest BCUT2D eigenvalue weighted by Crippen LogP contribution is -2.09. The molecule has 0 aliphatic heterocycles. The molecule has 0 atom stereocenters. The first-order valence-corrected chi connectivity index (χ1v) is 6.42. The van der Waals surface area contributed by atoms with Crippen LogP contribution in [0.3, 0.4) is 0 Å². The number of hydrogen-bond donors (Lipinski definition) is 1. The van der Waals surface area contributed by atoms with Crippen molar-refractivity contribution in [1.82, 2.24) is 10.1 Å². The number of rotatable bonds is 6. The van der Waals surface area contributed by atoms with Crippen LogP contribution in [0.5, 0.6) is 11.5 Å². The summed E-state index contributed by atoms with van der Waals surface area (Å²) >= 11 is 0. The number of benzene rings is 1. The molecule has 1 heterocycles. The van der Waals surface area contributed by atoms with E-state index in [1.807, 2.05) is 32.0 Å². The van der Waals surface area contributed by atoms with Crippen LogP contribution < -0.4 is 14.8 Å². The van der Waals surface area contributed by atoms with Gasteiger partial charge < -0.3 is 19.3 Å². The molecule has 108 valence electrons. The molecule has 0 spiro atoms. The predicted octanol–water partition coefficient (Wildman–Crippen LogP) is 2.50. The maximum Gasteiger partial charge on any atom is 0.321 e. The van der Waals surface area contributed by atoms with Crippen molar-refractivity contribution in [2.24, 2.45) is 0 Å². The van der Waals surface area contributed by atoms with E-state index in [-0.39, 0.29) is 6.04 Å². The summed E-state index contributed by atoms with van der Waals surface area (Å²) in [7, 11) is 3.22. The maximum absolute atomic E-state index is 5.27. The molecule has 0 aliphatic carbocycles. The van der Waals surface area contributed by atoms with Crippen molar-refractivity contribution in [2.75, 3.05) is 19.5 Å². The predicted molar refractivity (Wildman–Crippen MR) is 75.4 cm³/mol. The summed E-state index contributed by atoms with van der Waals surface area (Å²) in [6.07, 6.45) is 0.573. The molecule has 2 aromatic rings. The van der Waals surface area contributed by atoms with E-state index < -0.39 is 0 Å². The van der Waals surface area contributed by atoms with Gasteiger partial charge in [-0.15, -0.1) is 0 Å². The SMILES string of the molecule is COc1ccc(Cc2noc(NC(C)C)n2)cc1OC. The van der Waals surface area contributed by atoms with Gasteiger partial charge in [0.05, 0.1) is 14.2 Å². The molecule has 0 bridgehead atoms. The van der Waals surface area contributed by atoms with Crippen molar-refractivity contribution >= 4 is 6.01 Å². The monoisotopic (exact) mass is 277 g/mol. The Morgan fingerprint density at radius 3 is 2.60 bits per heavy atom. The van der Waals surface area contributed by atoms with Gasteiger partial charge in [-0.3, -0.25) is 0 Å². The number of ether oxygens (including phenoxy) is 2. The van der Waals surface area contributed by atoms with E-state index in [2.05, 4.69) is 15.5 Å². The van der Waals surface area contributed by atoms with Crippen molar-refractivity contribution < 1.29 is 14.0 Å². The van der Waals surface area contributed by atoms with Gasteiger partial charge in [-0.2, -0.15) is 4.98 Å². The summed E-state index contributed by atoms with van der Waals surface area (Å²) in [5.41, 5.74) is 1.03. The van der Waals surface area contributed by atoms with Crippen molar-refractivity contribution in [2.45, 2.75) is 26.3 Å². The molecule has 0 saturated heterocycles. The molecule has 1 aromatic heterocycles. The van der Waals surface area contributed by atoms with Crippen molar-refractivity contribution in [3.05, 3.63) is 29.6 Å². The number of aromatic nitrogens is 2. The lowest BCUT2D eigenvalue weighted by Gasteiger charge is -2.08. The summed E-state index contributed by atoms with van der Waals surface area (Å²) in [4.78, 5) is 4.28. The number of hydrogen-bond acceptors (Lipinski definition) is 6. The van der Waals surface area contributed by atoms with E-state index in [0.717, 1.165) is 5.56 Å². The molecular weight excluding hydrogens is 258 g/mol. The first kappa shape index (κ1) is 14.2. The molecule has 0 saturated carbocycles. The quantitative estimate of drug-likeness (QED) is 0.875. The fraction of sp³-hybridized carbons (Fsp3) is 0.429. The van der Waals surface area contributed by atoms with E-state index in [1.165, 1.54) is 0 Å². The lowest BCUT2D eigenvalue weighted by molar-refractivity contribution is 0.354. The van der Waals surface area contributed by atoms with Crippen LogP contribution in [-0.2, 0) is 6.42 Å². The number of nitrogens with one attached hydrogen (secondary N) is 1. The zero-order valence-corrected chi connectivity index (χ0v) is 12.1. The zero-order valence-electron chi connectivity index (χ0n) is 12.1. The van der Waals surface area contributed by atoms with Gasteiger partial charge in [0.25, 0.3) is 0 Å². The van der Waals surface area contributed by atoms with Gasteiger partial charge in [0.2, 0.25) is 0 Å². The Morgan fingerprint density at radius 2 is 1.95 bits per heavy atom. The van der Waals surface area contributed by atoms with Gasteiger partial charge in [0.1, 0.15) is 0 Å². The second-order valence-corrected chi connectivity index (χ2v) is 4.68. The maximum atomic E-state index is 5.27. The third-order valence-corrected chi connectivity index (χ3v) is 2.69. The van der Waals surface area contributed by atoms with Crippen LogP contribution >= 0.6 is 0 Å². The minimum atomic E-state index is 0.254. The Kier molecular flexibility index (Phi) is 4.45. The average molecular weight is 277 g/mol. The minimum absolute atomic E-state index is 0.254. The van der Waals surface area contributed by atoms with Gasteiger partial charge in [-0.1, -0.05) is 11.2 Å². The molecule has 1 aromatic carbocycles. The van der Waals surface area contributed by atoms with Crippen LogP contribution in [0.4, 0.5) is 6.01 Å². The Hall–Kier alpha value is -2.24. The second kappa shape index (κ2) is 6.27. The smallest absolute Gasteiger partial charge is 0.321 e. The van der Waals surface area contributed by atoms with Crippen LogP contribution in [-0.4, -0.2) is 30.4 Å². The highest BCUT2D eigenvalue weighted by Gasteiger charge is 2.10. The van der Waals surface area contributed by atoms with Gasteiger partial charge in [0.15, 0.2) is 17.3 Å². The minimum Gasteiger partial charge on any atom is -0.493 e. The highest BCUT2D eigenvalue weighted by Crippen LogP contribution is 2.28. The van der Waals surface area contributed by atoms with E-state index in [0.29, 0.717) is 29.8 Å². The first-order valence-electron chi connectivity index (χ1n) is 6.42. The van der Waals surface area contributed by atoms with Crippen LogP contribution in [0, 0.1) is 0 Å². The summed E-state index contributed by atoms with van der Waals surface area (Å²) in [5.74, 6) is 2.01. The summed E-state index contributed by atoms with van der Waals surface area (Å²) < 4.78 is 15.6. The fourth-order valence-corrected chi connectivity index (χ4v) is 1.80. The van der Waals surface area contributed by atoms with Crippen LogP contribution in [0.25, 0.3) is 0 Å². The van der Waals surface area contributed by atoms with E-state index in [1.54, 1.807) is 14.2 Å². The van der Waals surface area contributed by atoms with Crippen molar-refractivity contribution in [3.8, 4) is 11.5 Å². The normalized spacial score (nSPS) is 10.7. The van der Waals surface area contributed by atoms with Crippen molar-refractivity contribution in [1.29, 1.82) is 0 Å². The Bertz CT molecular complexity index is 567. The van der Waals surface area contributed by atoms with E-state index >= 15 is 0 Å². The first-order chi connectivity index (χ1) is 9.62. The Morgan fingerprint density at radius 1 is 1.20 bits per heavy atom. The fourth-order valence-electron chi connectivity index (χ4n) is 1.80. The summed E-state index contributed by atoms with van der Waals surface area (Å²) in [6, 6.07) is 6.42. The number of nitrogens with zero attached hydrogens (tertiary/aromatic N) is 2. The van der Waals surface area contributed by atoms with Crippen molar-refractivity contribution in [3.63, 3.8) is 0 Å². The van der Waals surface area contributed by atoms with Crippen LogP contribution in [0.2, 0.25) is 0 Å². The molecule has 0 unspecified atom stereocenters. The van der Waals surface area contributed by atoms with Gasteiger partial charge >= 0.3 is 6.01 Å². The summed E-state index contributed by atoms with van der Waals surface area (Å²) in [6.45, 7) is 4.02. The molecule has 0 amide bonds. The van der Waals surface area contributed by atoms with E-state index in [9.17, 15) is 0 Å². The number of anilines is 1. The Labute approximate surface area is 118 Å². The molecule has 6 heteroatoms. The van der Waals surface area contributed by atoms with Gasteiger partial charge in [-0.05, 0) is 31.5 Å². The average Bonchev–Trinajstić information content (AvgIpc) is 2.85. The number of methoxy groups -OCH3 is 2. The molecule has 0 fully saturated rings. The molecule has 20 heavy (non-hydrogen) atoms. The molecular formula is C14H19N3O3. The molecule has 0 aliphatic rings. The highest BCUT2D eigenvalue weighted by atomic mass is 16.5. The standard InChI is InChI=1S/C14H19N3O3/c1-9(2)15-14-16-13(17-20-14)8-10-5-6-11(18-3)12(7-10)19-4/h5-7,9H,8H2,1-4H3,(H,15,16,17). The van der Waals surface area contributed by atoms with Crippen LogP contribution in [0.15, 0.2) is 22.7 Å². The molecule has 0 radical (unpaired) electrons. The lowest BCUT2D eigenvalue weighted by atomic mass is 10.1. The molecule has 2 rings (SSSR count). The van der Waals surface area contributed by atoms with E-state index in [4.69, 9.17) is 14.0 Å². The van der Waals surface area contributed by atoms with Gasteiger partial charge in [0, 0.05) is 12.5 Å². The van der Waals surface area contributed by atoms with Gasteiger partial charge in [-0.25, -0.2) is 0 Å².